The number of pyridine rings is 1. The number of nitrogens with two attached hydrogens (primary N) is 1. The molecule has 1 aliphatic rings. The number of rotatable bonds is 7. The van der Waals surface area contributed by atoms with Crippen LogP contribution in [0.5, 0.6) is 0 Å². The molecule has 0 spiro atoms. The first kappa shape index (κ1) is 25.5. The molecule has 2 heterocycles. The molecule has 38 heavy (non-hydrogen) atoms. The lowest BCUT2D eigenvalue weighted by atomic mass is 10.0. The quantitative estimate of drug-likeness (QED) is 0.285. The second kappa shape index (κ2) is 9.97. The maximum atomic E-state index is 12.9. The van der Waals surface area contributed by atoms with Crippen LogP contribution in [-0.2, 0) is 12.7 Å². The van der Waals surface area contributed by atoms with E-state index in [1.54, 1.807) is 12.1 Å². The largest absolute Gasteiger partial charge is 0.416 e. The van der Waals surface area contributed by atoms with Gasteiger partial charge in [-0.05, 0) is 74.5 Å². The molecule has 11 heteroatoms. The van der Waals surface area contributed by atoms with Crippen molar-refractivity contribution in [1.82, 2.24) is 19.7 Å². The molecular formula is C27H28F3N7O. The average Bonchev–Trinajstić information content (AvgIpc) is 3.66. The third-order valence-corrected chi connectivity index (χ3v) is 6.41. The molecule has 0 aliphatic heterocycles. The molecule has 5 rings (SSSR count). The molecule has 1 aliphatic carbocycles. The van der Waals surface area contributed by atoms with Crippen molar-refractivity contribution in [3.8, 4) is 11.1 Å². The summed E-state index contributed by atoms with van der Waals surface area (Å²) >= 11 is 0. The highest BCUT2D eigenvalue weighted by molar-refractivity contribution is 6.02. The SMILES string of the molecule is CN(C)CCn1nc(N)c2c(-c3ccc(NC(=O)Nc4cccc(C(F)(F)F)c4)cc3)cc(C3CC3)nc21. The summed E-state index contributed by atoms with van der Waals surface area (Å²) in [7, 11) is 4.00. The predicted octanol–water partition coefficient (Wildman–Crippen LogP) is 5.78. The van der Waals surface area contributed by atoms with E-state index in [4.69, 9.17) is 10.7 Å². The minimum Gasteiger partial charge on any atom is -0.382 e. The van der Waals surface area contributed by atoms with Gasteiger partial charge in [-0.25, -0.2) is 14.5 Å². The number of hydrogen-bond donors (Lipinski definition) is 3. The van der Waals surface area contributed by atoms with E-state index in [0.29, 0.717) is 24.0 Å². The van der Waals surface area contributed by atoms with Gasteiger partial charge in [-0.3, -0.25) is 0 Å². The minimum atomic E-state index is -4.49. The van der Waals surface area contributed by atoms with Crippen LogP contribution in [0.3, 0.4) is 0 Å². The normalized spacial score (nSPS) is 13.7. The van der Waals surface area contributed by atoms with Crippen LogP contribution >= 0.6 is 0 Å². The number of aromatic nitrogens is 3. The van der Waals surface area contributed by atoms with E-state index in [9.17, 15) is 18.0 Å². The van der Waals surface area contributed by atoms with Gasteiger partial charge in [0.25, 0.3) is 0 Å². The molecule has 8 nitrogen and oxygen atoms in total. The number of hydrogen-bond acceptors (Lipinski definition) is 5. The van der Waals surface area contributed by atoms with Crippen LogP contribution in [0.25, 0.3) is 22.2 Å². The highest BCUT2D eigenvalue weighted by Gasteiger charge is 2.30. The van der Waals surface area contributed by atoms with Crippen molar-refractivity contribution in [2.75, 3.05) is 37.0 Å². The Hall–Kier alpha value is -4.12. The molecule has 0 radical (unpaired) electrons. The summed E-state index contributed by atoms with van der Waals surface area (Å²) in [6, 6.07) is 13.1. The van der Waals surface area contributed by atoms with E-state index in [1.807, 2.05) is 30.9 Å². The number of nitrogen functional groups attached to an aromatic ring is 1. The maximum absolute atomic E-state index is 12.9. The van der Waals surface area contributed by atoms with Gasteiger partial charge >= 0.3 is 12.2 Å². The van der Waals surface area contributed by atoms with E-state index < -0.39 is 17.8 Å². The van der Waals surface area contributed by atoms with Crippen LogP contribution in [0.2, 0.25) is 0 Å². The lowest BCUT2D eigenvalue weighted by Crippen LogP contribution is -2.19. The first-order valence-corrected chi connectivity index (χ1v) is 12.3. The summed E-state index contributed by atoms with van der Waals surface area (Å²) in [5.74, 6) is 0.836. The van der Waals surface area contributed by atoms with E-state index in [2.05, 4.69) is 26.7 Å². The molecule has 2 amide bonds. The van der Waals surface area contributed by atoms with E-state index in [0.717, 1.165) is 59.4 Å². The first-order valence-electron chi connectivity index (χ1n) is 12.3. The van der Waals surface area contributed by atoms with Gasteiger partial charge in [-0.1, -0.05) is 18.2 Å². The number of alkyl halides is 3. The van der Waals surface area contributed by atoms with Crippen molar-refractivity contribution in [2.24, 2.45) is 0 Å². The van der Waals surface area contributed by atoms with Gasteiger partial charge in [-0.15, -0.1) is 0 Å². The molecule has 2 aromatic heterocycles. The highest BCUT2D eigenvalue weighted by Crippen LogP contribution is 2.43. The number of carbonyl (C=O) groups excluding carboxylic acids is 1. The number of anilines is 3. The zero-order valence-corrected chi connectivity index (χ0v) is 21.0. The van der Waals surface area contributed by atoms with Gasteiger partial charge in [0.2, 0.25) is 0 Å². The third-order valence-electron chi connectivity index (χ3n) is 6.41. The fourth-order valence-corrected chi connectivity index (χ4v) is 4.28. The van der Waals surface area contributed by atoms with Crippen LogP contribution in [-0.4, -0.2) is 46.3 Å². The lowest BCUT2D eigenvalue weighted by Gasteiger charge is -2.12. The molecular weight excluding hydrogens is 495 g/mol. The molecule has 4 aromatic rings. The molecule has 1 fully saturated rings. The Bertz CT molecular complexity index is 1470. The summed E-state index contributed by atoms with van der Waals surface area (Å²) in [4.78, 5) is 19.4. The Kier molecular flexibility index (Phi) is 6.70. The Morgan fingerprint density at radius 3 is 2.45 bits per heavy atom. The monoisotopic (exact) mass is 523 g/mol. The fourth-order valence-electron chi connectivity index (χ4n) is 4.28. The zero-order valence-electron chi connectivity index (χ0n) is 21.0. The third kappa shape index (κ3) is 5.57. The smallest absolute Gasteiger partial charge is 0.382 e. The number of carbonyl (C=O) groups is 1. The molecule has 1 saturated carbocycles. The van der Waals surface area contributed by atoms with E-state index in [-0.39, 0.29) is 5.69 Å². The van der Waals surface area contributed by atoms with Gasteiger partial charge in [0.05, 0.1) is 17.5 Å². The molecule has 0 bridgehead atoms. The second-order valence-corrected chi connectivity index (χ2v) is 9.71. The van der Waals surface area contributed by atoms with Crippen molar-refractivity contribution in [2.45, 2.75) is 31.5 Å². The van der Waals surface area contributed by atoms with Crippen molar-refractivity contribution >= 4 is 34.3 Å². The number of amides is 2. The number of urea groups is 1. The fraction of sp³-hybridized carbons (Fsp3) is 0.296. The Morgan fingerprint density at radius 2 is 1.79 bits per heavy atom. The number of likely N-dealkylation sites (N-methyl/N-ethyl adjacent to an activating group) is 1. The maximum Gasteiger partial charge on any atom is 0.416 e. The molecule has 2 aromatic carbocycles. The summed E-state index contributed by atoms with van der Waals surface area (Å²) in [6.07, 6.45) is -2.29. The predicted molar refractivity (Wildman–Crippen MR) is 142 cm³/mol. The van der Waals surface area contributed by atoms with Gasteiger partial charge in [0.1, 0.15) is 0 Å². The molecule has 0 atom stereocenters. The molecule has 198 valence electrons. The van der Waals surface area contributed by atoms with Gasteiger partial charge in [-0.2, -0.15) is 18.3 Å². The summed E-state index contributed by atoms with van der Waals surface area (Å²) in [6.45, 7) is 1.45. The average molecular weight is 524 g/mol. The number of benzene rings is 2. The number of halogens is 3. The Balaban J connectivity index is 1.38. The topological polar surface area (TPSA) is 101 Å². The van der Waals surface area contributed by atoms with E-state index in [1.165, 1.54) is 12.1 Å². The Labute approximate surface area is 217 Å². The van der Waals surface area contributed by atoms with Crippen LogP contribution in [0.15, 0.2) is 54.6 Å². The van der Waals surface area contributed by atoms with Gasteiger partial charge in [0.15, 0.2) is 11.5 Å². The van der Waals surface area contributed by atoms with Gasteiger partial charge in [0, 0.05) is 29.5 Å². The van der Waals surface area contributed by atoms with Crippen molar-refractivity contribution in [1.29, 1.82) is 0 Å². The van der Waals surface area contributed by atoms with Crippen molar-refractivity contribution in [3.63, 3.8) is 0 Å². The summed E-state index contributed by atoms with van der Waals surface area (Å²) in [5, 5.41) is 10.4. The van der Waals surface area contributed by atoms with Crippen LogP contribution in [0.4, 0.5) is 35.2 Å². The van der Waals surface area contributed by atoms with Crippen molar-refractivity contribution < 1.29 is 18.0 Å². The van der Waals surface area contributed by atoms with Crippen molar-refractivity contribution in [3.05, 3.63) is 65.9 Å². The number of fused-ring (bicyclic) bond motifs is 1. The highest BCUT2D eigenvalue weighted by atomic mass is 19.4. The second-order valence-electron chi connectivity index (χ2n) is 9.71. The van der Waals surface area contributed by atoms with Crippen LogP contribution < -0.4 is 16.4 Å². The summed E-state index contributed by atoms with van der Waals surface area (Å²) < 4.78 is 40.7. The zero-order chi connectivity index (χ0) is 27.0. The van der Waals surface area contributed by atoms with Crippen LogP contribution in [0, 0.1) is 0 Å². The minimum absolute atomic E-state index is 0.0440. The molecule has 4 N–H and O–H groups in total. The standard InChI is InChI=1S/C27H28F3N7O/c1-36(2)12-13-37-25-23(24(31)35-37)21(15-22(34-25)17-6-7-17)16-8-10-19(11-9-16)32-26(38)33-20-5-3-4-18(14-20)27(28,29)30/h3-5,8-11,14-15,17H,6-7,12-13H2,1-2H3,(H2,31,35)(H2,32,33,38). The summed E-state index contributed by atoms with van der Waals surface area (Å²) in [5.41, 5.74) is 9.63. The number of nitrogens with zero attached hydrogens (tertiary/aromatic N) is 4. The van der Waals surface area contributed by atoms with E-state index >= 15 is 0 Å². The Morgan fingerprint density at radius 1 is 1.08 bits per heavy atom. The number of nitrogens with one attached hydrogen (secondary N) is 2. The molecule has 0 saturated heterocycles. The first-order chi connectivity index (χ1) is 18.1. The van der Waals surface area contributed by atoms with Crippen LogP contribution in [0.1, 0.15) is 30.0 Å². The molecule has 0 unspecified atom stereocenters. The lowest BCUT2D eigenvalue weighted by molar-refractivity contribution is -0.137. The van der Waals surface area contributed by atoms with Gasteiger partial charge < -0.3 is 21.3 Å².